The van der Waals surface area contributed by atoms with Crippen molar-refractivity contribution < 1.29 is 0 Å². The van der Waals surface area contributed by atoms with E-state index in [4.69, 9.17) is 46.4 Å². The lowest BCUT2D eigenvalue weighted by Gasteiger charge is -2.07. The molecule has 0 amide bonds. The maximum absolute atomic E-state index is 6.13. The number of rotatable bonds is 0. The van der Waals surface area contributed by atoms with Crippen molar-refractivity contribution in [3.8, 4) is 0 Å². The predicted molar refractivity (Wildman–Crippen MR) is 79.2 cm³/mol. The minimum atomic E-state index is 0.458. The van der Waals surface area contributed by atoms with Crippen LogP contribution < -0.4 is 0 Å². The van der Waals surface area contributed by atoms with E-state index in [1.165, 1.54) is 0 Å². The quantitative estimate of drug-likeness (QED) is 0.433. The molecule has 18 heavy (non-hydrogen) atoms. The molecule has 4 heteroatoms. The van der Waals surface area contributed by atoms with E-state index in [-0.39, 0.29) is 0 Å². The Morgan fingerprint density at radius 3 is 1.39 bits per heavy atom. The fraction of sp³-hybridized carbons (Fsp3) is 0. The smallest absolute Gasteiger partial charge is 0.0579 e. The first-order valence-electron chi connectivity index (χ1n) is 5.07. The maximum atomic E-state index is 6.13. The largest absolute Gasteiger partial charge is 0.0836 e. The standard InChI is InChI=1S/C14H4Cl4/c15-7-3-11-9(13(17)5-7)1-2-10-12(11)4-8(16)6-14(10)18/h1-4H. The molecule has 3 aromatic rings. The Balaban J connectivity index is 2.60. The van der Waals surface area contributed by atoms with Crippen LogP contribution in [0.4, 0.5) is 0 Å². The van der Waals surface area contributed by atoms with Crippen molar-refractivity contribution in [2.45, 2.75) is 0 Å². The molecule has 0 fully saturated rings. The second-order valence-corrected chi connectivity index (χ2v) is 5.42. The maximum Gasteiger partial charge on any atom is 0.0579 e. The molecule has 0 aromatic heterocycles. The van der Waals surface area contributed by atoms with Crippen LogP contribution >= 0.6 is 46.4 Å². The summed E-state index contributed by atoms with van der Waals surface area (Å²) in [6.45, 7) is 0. The van der Waals surface area contributed by atoms with Crippen molar-refractivity contribution in [3.05, 3.63) is 56.5 Å². The monoisotopic (exact) mass is 312 g/mol. The Morgan fingerprint density at radius 1 is 0.611 bits per heavy atom. The highest BCUT2D eigenvalue weighted by molar-refractivity contribution is 6.42. The second-order valence-electron chi connectivity index (χ2n) is 3.85. The molecule has 0 bridgehead atoms. The fourth-order valence-corrected chi connectivity index (χ4v) is 3.04. The fourth-order valence-electron chi connectivity index (χ4n) is 2.00. The van der Waals surface area contributed by atoms with E-state index in [9.17, 15) is 0 Å². The summed E-state index contributed by atoms with van der Waals surface area (Å²) in [7, 11) is 0. The van der Waals surface area contributed by atoms with E-state index in [2.05, 4.69) is 12.1 Å². The van der Waals surface area contributed by atoms with Crippen LogP contribution in [0.15, 0.2) is 24.3 Å². The van der Waals surface area contributed by atoms with Crippen LogP contribution in [0.2, 0.25) is 20.1 Å². The topological polar surface area (TPSA) is 0 Å². The number of hydrogen-bond acceptors (Lipinski definition) is 0. The summed E-state index contributed by atoms with van der Waals surface area (Å²) in [5.41, 5.74) is 0. The van der Waals surface area contributed by atoms with Gasteiger partial charge in [0, 0.05) is 22.9 Å². The van der Waals surface area contributed by atoms with E-state index < -0.39 is 0 Å². The summed E-state index contributed by atoms with van der Waals surface area (Å²) >= 11 is 24.2. The molecule has 0 aliphatic carbocycles. The van der Waals surface area contributed by atoms with Gasteiger partial charge in [0.05, 0.1) is 20.1 Å². The first-order chi connectivity index (χ1) is 8.56. The highest BCUT2D eigenvalue weighted by Gasteiger charge is 2.09. The Labute approximate surface area is 124 Å². The predicted octanol–water partition coefficient (Wildman–Crippen LogP) is 6.21. The van der Waals surface area contributed by atoms with Gasteiger partial charge in [0.15, 0.2) is 0 Å². The molecule has 0 unspecified atom stereocenters. The average Bonchev–Trinajstić information content (AvgIpc) is 2.28. The molecule has 0 N–H and O–H groups in total. The number of halogens is 4. The van der Waals surface area contributed by atoms with Crippen molar-refractivity contribution in [2.75, 3.05) is 0 Å². The summed E-state index contributed by atoms with van der Waals surface area (Å²) < 4.78 is 0. The van der Waals surface area contributed by atoms with Gasteiger partial charge in [-0.25, -0.2) is 0 Å². The van der Waals surface area contributed by atoms with Crippen LogP contribution in [0.3, 0.4) is 0 Å². The van der Waals surface area contributed by atoms with E-state index in [1.54, 1.807) is 12.1 Å². The van der Waals surface area contributed by atoms with Gasteiger partial charge in [-0.05, 0) is 22.9 Å². The van der Waals surface area contributed by atoms with Gasteiger partial charge in [-0.2, -0.15) is 0 Å². The van der Waals surface area contributed by atoms with Crippen LogP contribution in [0.5, 0.6) is 0 Å². The Hall–Kier alpha value is -0.660. The Morgan fingerprint density at radius 2 is 1.00 bits per heavy atom. The van der Waals surface area contributed by atoms with Gasteiger partial charge in [0.1, 0.15) is 0 Å². The molecule has 0 aliphatic heterocycles. The van der Waals surface area contributed by atoms with E-state index >= 15 is 0 Å². The highest BCUT2D eigenvalue weighted by atomic mass is 35.5. The SMILES string of the molecule is Clc1[c]c(Cl)c2ccc3c(Cl)[c]c(Cl)cc3c2c1. The summed E-state index contributed by atoms with van der Waals surface area (Å²) in [5.74, 6) is 0. The molecule has 88 valence electrons. The molecular weight excluding hydrogens is 310 g/mol. The highest BCUT2D eigenvalue weighted by Crippen LogP contribution is 2.36. The zero-order valence-electron chi connectivity index (χ0n) is 8.82. The molecule has 0 saturated heterocycles. The molecule has 0 spiro atoms. The molecule has 0 heterocycles. The van der Waals surface area contributed by atoms with Crippen molar-refractivity contribution in [1.29, 1.82) is 0 Å². The van der Waals surface area contributed by atoms with Crippen molar-refractivity contribution in [1.82, 2.24) is 0 Å². The zero-order chi connectivity index (χ0) is 12.9. The summed E-state index contributed by atoms with van der Waals surface area (Å²) in [6.07, 6.45) is 0. The van der Waals surface area contributed by atoms with E-state index in [0.717, 1.165) is 21.5 Å². The number of benzene rings is 3. The first kappa shape index (κ1) is 12.4. The summed E-state index contributed by atoms with van der Waals surface area (Å²) in [5, 5.41) is 5.43. The first-order valence-corrected chi connectivity index (χ1v) is 6.58. The lowest BCUT2D eigenvalue weighted by atomic mass is 10.0. The molecule has 0 atom stereocenters. The molecule has 0 nitrogen and oxygen atoms in total. The van der Waals surface area contributed by atoms with Gasteiger partial charge >= 0.3 is 0 Å². The molecular formula is C14H4Cl4. The molecule has 3 rings (SSSR count). The van der Waals surface area contributed by atoms with Gasteiger partial charge < -0.3 is 0 Å². The normalized spacial score (nSPS) is 11.3. The molecule has 0 saturated carbocycles. The van der Waals surface area contributed by atoms with E-state index in [0.29, 0.717) is 20.1 Å². The third-order valence-electron chi connectivity index (χ3n) is 2.76. The average molecular weight is 314 g/mol. The van der Waals surface area contributed by atoms with Crippen LogP contribution in [-0.2, 0) is 0 Å². The summed E-state index contributed by atoms with van der Waals surface area (Å²) in [6, 6.07) is 13.1. The van der Waals surface area contributed by atoms with Gasteiger partial charge in [0.2, 0.25) is 0 Å². The minimum Gasteiger partial charge on any atom is -0.0836 e. The Bertz CT molecular complexity index is 711. The second kappa shape index (κ2) is 4.47. The zero-order valence-corrected chi connectivity index (χ0v) is 11.8. The molecule has 3 aromatic carbocycles. The van der Waals surface area contributed by atoms with Crippen LogP contribution in [0.1, 0.15) is 0 Å². The van der Waals surface area contributed by atoms with Crippen LogP contribution in [0.25, 0.3) is 21.5 Å². The van der Waals surface area contributed by atoms with E-state index in [1.807, 2.05) is 12.1 Å². The van der Waals surface area contributed by atoms with Gasteiger partial charge in [-0.1, -0.05) is 58.5 Å². The van der Waals surface area contributed by atoms with Gasteiger partial charge in [0.25, 0.3) is 0 Å². The third kappa shape index (κ3) is 1.94. The van der Waals surface area contributed by atoms with Crippen molar-refractivity contribution >= 4 is 67.9 Å². The third-order valence-corrected chi connectivity index (χ3v) is 3.76. The minimum absolute atomic E-state index is 0.458. The lowest BCUT2D eigenvalue weighted by Crippen LogP contribution is -1.82. The number of hydrogen-bond donors (Lipinski definition) is 0. The Kier molecular flexibility index (Phi) is 3.07. The molecule has 0 aliphatic rings. The summed E-state index contributed by atoms with van der Waals surface area (Å²) in [4.78, 5) is 0. The van der Waals surface area contributed by atoms with Crippen molar-refractivity contribution in [2.24, 2.45) is 0 Å². The van der Waals surface area contributed by atoms with Crippen molar-refractivity contribution in [3.63, 3.8) is 0 Å². The van der Waals surface area contributed by atoms with Crippen LogP contribution in [0, 0.1) is 12.1 Å². The molecule has 2 radical (unpaired) electrons. The van der Waals surface area contributed by atoms with Crippen LogP contribution in [-0.4, -0.2) is 0 Å². The number of fused-ring (bicyclic) bond motifs is 3. The van der Waals surface area contributed by atoms with Gasteiger partial charge in [-0.15, -0.1) is 0 Å². The van der Waals surface area contributed by atoms with Gasteiger partial charge in [-0.3, -0.25) is 0 Å². The lowest BCUT2D eigenvalue weighted by molar-refractivity contribution is 1.74.